The van der Waals surface area contributed by atoms with Gasteiger partial charge in [-0.05, 0) is 42.5 Å². The van der Waals surface area contributed by atoms with E-state index >= 15 is 0 Å². The van der Waals surface area contributed by atoms with Crippen LogP contribution < -0.4 is 21.3 Å². The predicted octanol–water partition coefficient (Wildman–Crippen LogP) is -0.371. The van der Waals surface area contributed by atoms with Crippen molar-refractivity contribution in [2.75, 3.05) is 19.6 Å². The monoisotopic (exact) mass is 434 g/mol. The molecule has 8 nitrogen and oxygen atoms in total. The van der Waals surface area contributed by atoms with E-state index in [4.69, 9.17) is 0 Å². The van der Waals surface area contributed by atoms with E-state index in [0.29, 0.717) is 24.2 Å². The average Bonchev–Trinajstić information content (AvgIpc) is 3.08. The third-order valence-electron chi connectivity index (χ3n) is 6.00. The molecule has 5 atom stereocenters. The summed E-state index contributed by atoms with van der Waals surface area (Å²) >= 11 is 0. The molecule has 0 spiro atoms. The molecule has 31 heavy (non-hydrogen) atoms. The van der Waals surface area contributed by atoms with Gasteiger partial charge in [-0.3, -0.25) is 14.4 Å². The molecule has 5 N–H and O–H groups in total. The molecule has 3 rings (SSSR count). The SMILES string of the molecule is Cc1cc(F)cc(C[C@H](NC(=O)C2CNC(=O)C2C(C)C)[C@H](O)[C@@H]2NCCNC2=O)c1. The first-order chi connectivity index (χ1) is 14.7. The van der Waals surface area contributed by atoms with Crippen molar-refractivity contribution in [3.8, 4) is 0 Å². The topological polar surface area (TPSA) is 120 Å². The van der Waals surface area contributed by atoms with Crippen LogP contribution in [0.2, 0.25) is 0 Å². The first-order valence-corrected chi connectivity index (χ1v) is 10.7. The molecule has 2 aliphatic heterocycles. The normalized spacial score (nSPS) is 25.7. The van der Waals surface area contributed by atoms with E-state index in [1.807, 2.05) is 13.8 Å². The first-order valence-electron chi connectivity index (χ1n) is 10.7. The molecular weight excluding hydrogens is 403 g/mol. The Labute approximate surface area is 181 Å². The van der Waals surface area contributed by atoms with E-state index in [2.05, 4.69) is 21.3 Å². The molecule has 2 saturated heterocycles. The maximum Gasteiger partial charge on any atom is 0.239 e. The zero-order chi connectivity index (χ0) is 22.7. The Hall–Kier alpha value is -2.52. The highest BCUT2D eigenvalue weighted by Crippen LogP contribution is 2.26. The largest absolute Gasteiger partial charge is 0.389 e. The van der Waals surface area contributed by atoms with Crippen LogP contribution in [-0.4, -0.2) is 60.6 Å². The van der Waals surface area contributed by atoms with Crippen molar-refractivity contribution in [3.63, 3.8) is 0 Å². The predicted molar refractivity (Wildman–Crippen MR) is 112 cm³/mol. The first kappa shape index (κ1) is 23.1. The summed E-state index contributed by atoms with van der Waals surface area (Å²) < 4.78 is 13.9. The maximum atomic E-state index is 13.9. The number of aliphatic hydroxyl groups is 1. The third-order valence-corrected chi connectivity index (χ3v) is 6.00. The van der Waals surface area contributed by atoms with E-state index in [1.165, 1.54) is 12.1 Å². The zero-order valence-electron chi connectivity index (χ0n) is 18.1. The van der Waals surface area contributed by atoms with Crippen LogP contribution in [0.1, 0.15) is 25.0 Å². The molecule has 2 fully saturated rings. The van der Waals surface area contributed by atoms with Gasteiger partial charge in [-0.15, -0.1) is 0 Å². The maximum absolute atomic E-state index is 13.9. The van der Waals surface area contributed by atoms with Crippen molar-refractivity contribution in [1.82, 2.24) is 21.3 Å². The third kappa shape index (κ3) is 5.40. The molecule has 1 aromatic carbocycles. The minimum Gasteiger partial charge on any atom is -0.389 e. The second-order valence-electron chi connectivity index (χ2n) is 8.79. The molecule has 9 heteroatoms. The average molecular weight is 435 g/mol. The Bertz CT molecular complexity index is 827. The smallest absolute Gasteiger partial charge is 0.239 e. The van der Waals surface area contributed by atoms with E-state index in [9.17, 15) is 23.9 Å². The summed E-state index contributed by atoms with van der Waals surface area (Å²) in [6.07, 6.45) is -1.10. The van der Waals surface area contributed by atoms with Crippen LogP contribution in [0.15, 0.2) is 18.2 Å². The van der Waals surface area contributed by atoms with Gasteiger partial charge in [0.1, 0.15) is 11.9 Å². The number of benzene rings is 1. The van der Waals surface area contributed by atoms with E-state index < -0.39 is 35.8 Å². The van der Waals surface area contributed by atoms with Crippen LogP contribution in [0.5, 0.6) is 0 Å². The molecule has 0 saturated carbocycles. The number of amides is 3. The van der Waals surface area contributed by atoms with Crippen LogP contribution in [0.3, 0.4) is 0 Å². The fraction of sp³-hybridized carbons (Fsp3) is 0.591. The number of hydrogen-bond donors (Lipinski definition) is 5. The molecule has 0 aliphatic carbocycles. The van der Waals surface area contributed by atoms with Gasteiger partial charge in [0.25, 0.3) is 0 Å². The summed E-state index contributed by atoms with van der Waals surface area (Å²) in [6.45, 7) is 6.69. The highest BCUT2D eigenvalue weighted by atomic mass is 19.1. The lowest BCUT2D eigenvalue weighted by Gasteiger charge is -2.34. The molecular formula is C22H31FN4O4. The molecule has 3 amide bonds. The number of nitrogens with one attached hydrogen (secondary N) is 4. The van der Waals surface area contributed by atoms with Gasteiger partial charge in [0.05, 0.1) is 24.0 Å². The number of carbonyl (C=O) groups is 3. The lowest BCUT2D eigenvalue weighted by atomic mass is 9.84. The fourth-order valence-corrected chi connectivity index (χ4v) is 4.52. The Morgan fingerprint density at radius 3 is 2.58 bits per heavy atom. The summed E-state index contributed by atoms with van der Waals surface area (Å²) in [6, 6.07) is 2.77. The van der Waals surface area contributed by atoms with Gasteiger partial charge >= 0.3 is 0 Å². The summed E-state index contributed by atoms with van der Waals surface area (Å²) in [5, 5.41) is 22.3. The Kier molecular flexibility index (Phi) is 7.27. The van der Waals surface area contributed by atoms with Crippen molar-refractivity contribution < 1.29 is 23.9 Å². The Balaban J connectivity index is 1.83. The summed E-state index contributed by atoms with van der Waals surface area (Å²) in [5.74, 6) is -2.38. The van der Waals surface area contributed by atoms with Gasteiger partial charge in [-0.2, -0.15) is 0 Å². The highest BCUT2D eigenvalue weighted by Gasteiger charge is 2.43. The van der Waals surface area contributed by atoms with Crippen molar-refractivity contribution >= 4 is 17.7 Å². The van der Waals surface area contributed by atoms with Crippen LogP contribution in [0, 0.1) is 30.5 Å². The number of piperazine rings is 1. The van der Waals surface area contributed by atoms with Crippen molar-refractivity contribution in [3.05, 3.63) is 35.1 Å². The number of hydrogen-bond acceptors (Lipinski definition) is 5. The van der Waals surface area contributed by atoms with Crippen molar-refractivity contribution in [2.45, 2.75) is 45.4 Å². The molecule has 170 valence electrons. The molecule has 0 aromatic heterocycles. The van der Waals surface area contributed by atoms with Gasteiger partial charge in [-0.1, -0.05) is 19.9 Å². The number of halogens is 1. The van der Waals surface area contributed by atoms with Gasteiger partial charge < -0.3 is 26.4 Å². The van der Waals surface area contributed by atoms with Gasteiger partial charge in [0.15, 0.2) is 0 Å². The Morgan fingerprint density at radius 2 is 1.94 bits per heavy atom. The second kappa shape index (κ2) is 9.74. The Morgan fingerprint density at radius 1 is 1.19 bits per heavy atom. The molecule has 2 unspecified atom stereocenters. The van der Waals surface area contributed by atoms with E-state index in [0.717, 1.165) is 0 Å². The summed E-state index contributed by atoms with van der Waals surface area (Å²) in [4.78, 5) is 37.5. The summed E-state index contributed by atoms with van der Waals surface area (Å²) in [5.41, 5.74) is 1.31. The van der Waals surface area contributed by atoms with Gasteiger partial charge in [0.2, 0.25) is 17.7 Å². The quantitative estimate of drug-likeness (QED) is 0.401. The standard InChI is InChI=1S/C22H31FN4O4/c1-11(2)17-15(10-26-21(17)30)20(29)27-16(9-13-6-12(3)7-14(23)8-13)19(28)18-22(31)25-5-4-24-18/h6-8,11,15-19,24,28H,4-5,9-10H2,1-3H3,(H,25,31)(H,26,30)(H,27,29)/t15?,16-,17?,18-,19-/m0/s1. The van der Waals surface area contributed by atoms with Crippen LogP contribution in [0.25, 0.3) is 0 Å². The minimum absolute atomic E-state index is 0.0294. The second-order valence-corrected chi connectivity index (χ2v) is 8.79. The lowest BCUT2D eigenvalue weighted by molar-refractivity contribution is -0.133. The van der Waals surface area contributed by atoms with Crippen molar-refractivity contribution in [2.24, 2.45) is 17.8 Å². The lowest BCUT2D eigenvalue weighted by Crippen LogP contribution is -2.63. The fourth-order valence-electron chi connectivity index (χ4n) is 4.52. The molecule has 2 heterocycles. The van der Waals surface area contributed by atoms with Crippen LogP contribution in [-0.2, 0) is 20.8 Å². The van der Waals surface area contributed by atoms with E-state index in [1.54, 1.807) is 13.0 Å². The van der Waals surface area contributed by atoms with Crippen LogP contribution >= 0.6 is 0 Å². The molecule has 0 radical (unpaired) electrons. The molecule has 2 aliphatic rings. The van der Waals surface area contributed by atoms with Crippen LogP contribution in [0.4, 0.5) is 4.39 Å². The molecule has 0 bridgehead atoms. The highest BCUT2D eigenvalue weighted by molar-refractivity contribution is 5.91. The summed E-state index contributed by atoms with van der Waals surface area (Å²) in [7, 11) is 0. The van der Waals surface area contributed by atoms with Crippen molar-refractivity contribution in [1.29, 1.82) is 0 Å². The minimum atomic E-state index is -1.24. The number of aryl methyl sites for hydroxylation is 1. The number of carbonyl (C=O) groups excluding carboxylic acids is 3. The van der Waals surface area contributed by atoms with Gasteiger partial charge in [0, 0.05) is 19.6 Å². The van der Waals surface area contributed by atoms with E-state index in [-0.39, 0.29) is 36.6 Å². The number of rotatable bonds is 7. The van der Waals surface area contributed by atoms with Gasteiger partial charge in [-0.25, -0.2) is 4.39 Å². The zero-order valence-corrected chi connectivity index (χ0v) is 18.1. The molecule has 1 aromatic rings. The number of aliphatic hydroxyl groups excluding tert-OH is 1.